The predicted octanol–water partition coefficient (Wildman–Crippen LogP) is 2.41. The minimum Gasteiger partial charge on any atom is -0.465 e. The van der Waals surface area contributed by atoms with Gasteiger partial charge in [-0.25, -0.2) is 18.0 Å². The van der Waals surface area contributed by atoms with Gasteiger partial charge >= 0.3 is 5.97 Å². The van der Waals surface area contributed by atoms with Crippen LogP contribution in [0.3, 0.4) is 0 Å². The molecule has 17 heavy (non-hydrogen) atoms. The molecule has 0 aromatic heterocycles. The van der Waals surface area contributed by atoms with Gasteiger partial charge in [0.15, 0.2) is 17.5 Å². The number of nitrogens with zero attached hydrogens (tertiary/aromatic N) is 3. The summed E-state index contributed by atoms with van der Waals surface area (Å²) in [5.41, 5.74) is 9.83. The number of halogens is 3. The van der Waals surface area contributed by atoms with Crippen LogP contribution >= 0.6 is 0 Å². The lowest BCUT2D eigenvalue weighted by atomic mass is 10.1. The van der Waals surface area contributed by atoms with E-state index in [4.69, 9.17) is 11.3 Å². The molecule has 0 saturated heterocycles. The van der Waals surface area contributed by atoms with E-state index in [-0.39, 0.29) is 0 Å². The van der Waals surface area contributed by atoms with Crippen molar-refractivity contribution >= 4 is 17.3 Å². The van der Waals surface area contributed by atoms with Crippen molar-refractivity contribution in [2.75, 3.05) is 12.8 Å². The van der Waals surface area contributed by atoms with E-state index in [1.165, 1.54) is 0 Å². The van der Waals surface area contributed by atoms with Gasteiger partial charge in [0.05, 0.1) is 12.8 Å². The number of carbonyl (C=O) groups is 1. The lowest BCUT2D eigenvalue weighted by Gasteiger charge is -2.09. The number of carbonyl (C=O) groups excluding carboxylic acids is 1. The molecule has 0 aliphatic carbocycles. The molecule has 0 aliphatic heterocycles. The van der Waals surface area contributed by atoms with Crippen LogP contribution in [0.2, 0.25) is 0 Å². The Labute approximate surface area is 92.4 Å². The molecule has 0 amide bonds. The van der Waals surface area contributed by atoms with E-state index in [1.807, 2.05) is 0 Å². The van der Waals surface area contributed by atoms with Crippen LogP contribution in [0.15, 0.2) is 5.11 Å². The third kappa shape index (κ3) is 1.95. The first kappa shape index (κ1) is 12.7. The Balaban J connectivity index is 3.69. The highest BCUT2D eigenvalue weighted by atomic mass is 19.2. The maximum atomic E-state index is 13.4. The summed E-state index contributed by atoms with van der Waals surface area (Å²) in [5, 5.41) is 2.61. The Morgan fingerprint density at radius 2 is 1.94 bits per heavy atom. The fourth-order valence-electron chi connectivity index (χ4n) is 1.10. The molecular formula is C8H5F3N4O2. The van der Waals surface area contributed by atoms with Crippen LogP contribution in [-0.4, -0.2) is 13.1 Å². The number of azide groups is 1. The van der Waals surface area contributed by atoms with Gasteiger partial charge in [0.2, 0.25) is 0 Å². The summed E-state index contributed by atoms with van der Waals surface area (Å²) in [6.45, 7) is 0. The van der Waals surface area contributed by atoms with Crippen LogP contribution < -0.4 is 5.73 Å². The van der Waals surface area contributed by atoms with Gasteiger partial charge in [-0.1, -0.05) is 5.11 Å². The topological polar surface area (TPSA) is 101 Å². The van der Waals surface area contributed by atoms with E-state index < -0.39 is 40.4 Å². The van der Waals surface area contributed by atoms with Crippen LogP contribution in [0.25, 0.3) is 10.4 Å². The Hall–Kier alpha value is -2.41. The van der Waals surface area contributed by atoms with Gasteiger partial charge in [-0.2, -0.15) is 0 Å². The molecule has 0 bridgehead atoms. The Kier molecular flexibility index (Phi) is 3.44. The molecule has 1 rings (SSSR count). The maximum Gasteiger partial charge on any atom is 0.343 e. The van der Waals surface area contributed by atoms with Crippen molar-refractivity contribution in [3.8, 4) is 0 Å². The van der Waals surface area contributed by atoms with Gasteiger partial charge in [0.25, 0.3) is 0 Å². The standard InChI is InChI=1S/C8H5F3N4O2/c1-17-8(16)2-3(9)4(10)7(14-15-13)5(11)6(2)12/h12H2,1H3. The minimum absolute atomic E-state index is 0.887. The SMILES string of the molecule is COC(=O)c1c(N)c(F)c(N=[N+]=[N-])c(F)c1F. The molecule has 0 fully saturated rings. The zero-order valence-electron chi connectivity index (χ0n) is 8.37. The maximum absolute atomic E-state index is 13.4. The molecule has 90 valence electrons. The monoisotopic (exact) mass is 246 g/mol. The van der Waals surface area contributed by atoms with Gasteiger partial charge in [-0.3, -0.25) is 0 Å². The van der Waals surface area contributed by atoms with E-state index in [9.17, 15) is 18.0 Å². The summed E-state index contributed by atoms with van der Waals surface area (Å²) >= 11 is 0. The molecule has 0 saturated carbocycles. The Morgan fingerprint density at radius 1 is 1.35 bits per heavy atom. The zero-order valence-corrected chi connectivity index (χ0v) is 8.37. The average Bonchev–Trinajstić information content (AvgIpc) is 2.32. The first-order valence-corrected chi connectivity index (χ1v) is 4.05. The van der Waals surface area contributed by atoms with Crippen LogP contribution in [0.5, 0.6) is 0 Å². The van der Waals surface area contributed by atoms with Gasteiger partial charge < -0.3 is 10.5 Å². The molecule has 9 heteroatoms. The molecule has 6 nitrogen and oxygen atoms in total. The van der Waals surface area contributed by atoms with Crippen LogP contribution in [0, 0.1) is 17.5 Å². The highest BCUT2D eigenvalue weighted by Crippen LogP contribution is 2.33. The highest BCUT2D eigenvalue weighted by Gasteiger charge is 2.27. The fraction of sp³-hybridized carbons (Fsp3) is 0.125. The van der Waals surface area contributed by atoms with Crippen molar-refractivity contribution in [2.24, 2.45) is 5.11 Å². The smallest absolute Gasteiger partial charge is 0.343 e. The first-order chi connectivity index (χ1) is 7.95. The normalized spacial score (nSPS) is 9.65. The third-order valence-corrected chi connectivity index (χ3v) is 1.87. The lowest BCUT2D eigenvalue weighted by molar-refractivity contribution is 0.0595. The number of esters is 1. The fourth-order valence-corrected chi connectivity index (χ4v) is 1.10. The number of ether oxygens (including phenoxy) is 1. The quantitative estimate of drug-likeness (QED) is 0.216. The van der Waals surface area contributed by atoms with Gasteiger partial charge in [-0.05, 0) is 5.53 Å². The van der Waals surface area contributed by atoms with Crippen molar-refractivity contribution in [3.05, 3.63) is 33.5 Å². The lowest BCUT2D eigenvalue weighted by Crippen LogP contribution is -2.12. The Morgan fingerprint density at radius 3 is 2.41 bits per heavy atom. The number of rotatable bonds is 2. The number of nitrogens with two attached hydrogens (primary N) is 1. The molecule has 1 aromatic carbocycles. The molecule has 1 aromatic rings. The summed E-state index contributed by atoms with van der Waals surface area (Å²) in [5.74, 6) is -6.42. The van der Waals surface area contributed by atoms with E-state index in [0.717, 1.165) is 7.11 Å². The highest BCUT2D eigenvalue weighted by molar-refractivity contribution is 5.96. The minimum atomic E-state index is -1.81. The van der Waals surface area contributed by atoms with E-state index >= 15 is 0 Å². The van der Waals surface area contributed by atoms with E-state index in [1.54, 1.807) is 0 Å². The second kappa shape index (κ2) is 4.62. The second-order valence-electron chi connectivity index (χ2n) is 2.76. The third-order valence-electron chi connectivity index (χ3n) is 1.87. The molecule has 0 spiro atoms. The van der Waals surface area contributed by atoms with Gasteiger partial charge in [-0.15, -0.1) is 0 Å². The van der Waals surface area contributed by atoms with Crippen molar-refractivity contribution in [2.45, 2.75) is 0 Å². The molecule has 0 aliphatic rings. The molecule has 2 N–H and O–H groups in total. The molecule has 0 radical (unpaired) electrons. The van der Waals surface area contributed by atoms with Crippen molar-refractivity contribution in [3.63, 3.8) is 0 Å². The van der Waals surface area contributed by atoms with Crippen LogP contribution in [0.4, 0.5) is 24.5 Å². The van der Waals surface area contributed by atoms with Crippen molar-refractivity contribution < 1.29 is 22.7 Å². The molecule has 0 atom stereocenters. The second-order valence-corrected chi connectivity index (χ2v) is 2.76. The number of methoxy groups -OCH3 is 1. The van der Waals surface area contributed by atoms with Crippen LogP contribution in [-0.2, 0) is 4.74 Å². The van der Waals surface area contributed by atoms with E-state index in [2.05, 4.69) is 14.8 Å². The summed E-state index contributed by atoms with van der Waals surface area (Å²) in [6.07, 6.45) is 0. The Bertz CT molecular complexity index is 511. The summed E-state index contributed by atoms with van der Waals surface area (Å²) in [4.78, 5) is 13.2. The number of hydrogen-bond acceptors (Lipinski definition) is 4. The van der Waals surface area contributed by atoms with Crippen molar-refractivity contribution in [1.82, 2.24) is 0 Å². The number of hydrogen-bond donors (Lipinski definition) is 1. The van der Waals surface area contributed by atoms with Gasteiger partial charge in [0.1, 0.15) is 11.3 Å². The zero-order chi connectivity index (χ0) is 13.2. The van der Waals surface area contributed by atoms with Crippen molar-refractivity contribution in [1.29, 1.82) is 0 Å². The number of benzene rings is 1. The first-order valence-electron chi connectivity index (χ1n) is 4.05. The summed E-state index contributed by atoms with van der Waals surface area (Å²) in [7, 11) is 0.887. The molecular weight excluding hydrogens is 241 g/mol. The van der Waals surface area contributed by atoms with E-state index in [0.29, 0.717) is 0 Å². The summed E-state index contributed by atoms with van der Waals surface area (Å²) in [6, 6.07) is 0. The average molecular weight is 246 g/mol. The number of anilines is 1. The van der Waals surface area contributed by atoms with Gasteiger partial charge in [0, 0.05) is 4.91 Å². The number of nitrogen functional groups attached to an aromatic ring is 1. The molecule has 0 unspecified atom stereocenters. The van der Waals surface area contributed by atoms with Crippen LogP contribution in [0.1, 0.15) is 10.4 Å². The predicted molar refractivity (Wildman–Crippen MR) is 50.9 cm³/mol. The summed E-state index contributed by atoms with van der Waals surface area (Å²) < 4.78 is 44.1. The molecule has 0 heterocycles. The largest absolute Gasteiger partial charge is 0.465 e.